The highest BCUT2D eigenvalue weighted by atomic mass is 16.6. The van der Waals surface area contributed by atoms with E-state index in [0.717, 1.165) is 43.7 Å². The van der Waals surface area contributed by atoms with Crippen molar-refractivity contribution in [2.75, 3.05) is 18.4 Å². The second kappa shape index (κ2) is 9.95. The molecule has 9 heteroatoms. The predicted octanol–water partition coefficient (Wildman–Crippen LogP) is 4.53. The first-order chi connectivity index (χ1) is 15.1. The van der Waals surface area contributed by atoms with Gasteiger partial charge in [0.15, 0.2) is 0 Å². The van der Waals surface area contributed by atoms with Crippen LogP contribution in [0.4, 0.5) is 22.0 Å². The van der Waals surface area contributed by atoms with Gasteiger partial charge in [0.2, 0.25) is 5.82 Å². The summed E-state index contributed by atoms with van der Waals surface area (Å²) in [6.45, 7) is 9.95. The lowest BCUT2D eigenvalue weighted by Gasteiger charge is -2.32. The number of benzene rings is 1. The number of nitro groups is 1. The molecule has 0 spiro atoms. The van der Waals surface area contributed by atoms with Crippen molar-refractivity contribution in [2.24, 2.45) is 0 Å². The van der Waals surface area contributed by atoms with Gasteiger partial charge in [-0.15, -0.1) is 0 Å². The largest absolute Gasteiger partial charge is 0.444 e. The van der Waals surface area contributed by atoms with Crippen molar-refractivity contribution in [1.82, 2.24) is 15.2 Å². The number of nitrogens with zero attached hydrogens (tertiary/aromatic N) is 3. The molecule has 1 amide bonds. The van der Waals surface area contributed by atoms with Crippen molar-refractivity contribution >= 4 is 23.3 Å². The molecule has 0 saturated carbocycles. The maximum atomic E-state index is 11.9. The molecule has 2 aromatic rings. The first kappa shape index (κ1) is 23.5. The van der Waals surface area contributed by atoms with Crippen LogP contribution in [0.15, 0.2) is 36.4 Å². The molecule has 0 aliphatic carbocycles. The summed E-state index contributed by atoms with van der Waals surface area (Å²) in [6.07, 6.45) is 1.39. The molecule has 1 saturated heterocycles. The van der Waals surface area contributed by atoms with Gasteiger partial charge in [0.1, 0.15) is 5.60 Å². The summed E-state index contributed by atoms with van der Waals surface area (Å²) >= 11 is 0. The van der Waals surface area contributed by atoms with Crippen molar-refractivity contribution in [3.05, 3.63) is 57.8 Å². The molecule has 172 valence electrons. The van der Waals surface area contributed by atoms with Crippen molar-refractivity contribution in [3.8, 4) is 0 Å². The van der Waals surface area contributed by atoms with Gasteiger partial charge in [-0.3, -0.25) is 15.0 Å². The number of likely N-dealkylation sites (tertiary alicyclic amines) is 1. The number of ether oxygens (including phenoxy) is 1. The lowest BCUT2D eigenvalue weighted by atomic mass is 10.0. The fourth-order valence-electron chi connectivity index (χ4n) is 3.59. The topological polar surface area (TPSA) is 110 Å². The number of nitrogens with one attached hydrogen (secondary N) is 2. The third-order valence-electron chi connectivity index (χ3n) is 5.14. The van der Waals surface area contributed by atoms with Crippen LogP contribution in [0.2, 0.25) is 0 Å². The zero-order valence-electron chi connectivity index (χ0n) is 19.1. The average Bonchev–Trinajstić information content (AvgIpc) is 2.69. The van der Waals surface area contributed by atoms with Crippen LogP contribution in [0.3, 0.4) is 0 Å². The molecular formula is C23H31N5O4. The fraction of sp³-hybridized carbons (Fsp3) is 0.478. The summed E-state index contributed by atoms with van der Waals surface area (Å²) in [7, 11) is 0. The molecule has 1 aliphatic rings. The van der Waals surface area contributed by atoms with E-state index < -0.39 is 10.5 Å². The molecule has 1 aromatic carbocycles. The van der Waals surface area contributed by atoms with Crippen molar-refractivity contribution in [3.63, 3.8) is 0 Å². The van der Waals surface area contributed by atoms with E-state index in [0.29, 0.717) is 5.69 Å². The van der Waals surface area contributed by atoms with E-state index in [1.807, 2.05) is 45.0 Å². The molecule has 1 aromatic heterocycles. The number of rotatable bonds is 6. The Morgan fingerprint density at radius 2 is 1.84 bits per heavy atom. The summed E-state index contributed by atoms with van der Waals surface area (Å²) in [5, 5.41) is 17.2. The van der Waals surface area contributed by atoms with E-state index in [1.54, 1.807) is 13.0 Å². The van der Waals surface area contributed by atoms with Crippen LogP contribution >= 0.6 is 0 Å². The molecule has 0 radical (unpaired) electrons. The minimum atomic E-state index is -0.494. The summed E-state index contributed by atoms with van der Waals surface area (Å²) in [5.74, 6) is 0.238. The second-order valence-electron chi connectivity index (χ2n) is 9.10. The highest BCUT2D eigenvalue weighted by Gasteiger charge is 2.23. The molecule has 32 heavy (non-hydrogen) atoms. The van der Waals surface area contributed by atoms with Gasteiger partial charge in [-0.25, -0.2) is 9.78 Å². The van der Waals surface area contributed by atoms with Gasteiger partial charge >= 0.3 is 11.8 Å². The van der Waals surface area contributed by atoms with Gasteiger partial charge < -0.3 is 15.4 Å². The number of aryl methyl sites for hydroxylation is 1. The highest BCUT2D eigenvalue weighted by molar-refractivity contribution is 5.68. The first-order valence-electron chi connectivity index (χ1n) is 10.8. The van der Waals surface area contributed by atoms with Crippen LogP contribution < -0.4 is 10.6 Å². The summed E-state index contributed by atoms with van der Waals surface area (Å²) in [6, 6.07) is 11.0. The van der Waals surface area contributed by atoms with Gasteiger partial charge in [0.25, 0.3) is 0 Å². The number of carbonyl (C=O) groups is 1. The fourth-order valence-corrected chi connectivity index (χ4v) is 3.59. The van der Waals surface area contributed by atoms with Crippen molar-refractivity contribution in [1.29, 1.82) is 0 Å². The zero-order valence-corrected chi connectivity index (χ0v) is 19.1. The number of anilines is 2. The number of amides is 1. The number of carbonyl (C=O) groups excluding carboxylic acids is 1. The standard InChI is InChI=1S/C23H31N5O4/c1-16-5-10-20(28(30)31)21(24-16)25-18-8-6-17(7-9-18)15-27-13-11-19(12-14-27)26-22(29)32-23(2,3)4/h5-10,19H,11-15H2,1-4H3,(H,24,25)(H,26,29). The molecule has 3 rings (SSSR count). The van der Waals surface area contributed by atoms with E-state index in [9.17, 15) is 14.9 Å². The number of aromatic nitrogens is 1. The van der Waals surface area contributed by atoms with Gasteiger partial charge in [-0.2, -0.15) is 0 Å². The molecular weight excluding hydrogens is 410 g/mol. The Morgan fingerprint density at radius 1 is 1.19 bits per heavy atom. The quantitative estimate of drug-likeness (QED) is 0.500. The summed E-state index contributed by atoms with van der Waals surface area (Å²) < 4.78 is 5.33. The molecule has 2 N–H and O–H groups in total. The molecule has 1 fully saturated rings. The van der Waals surface area contributed by atoms with E-state index in [4.69, 9.17) is 4.74 Å². The van der Waals surface area contributed by atoms with Gasteiger partial charge in [0, 0.05) is 43.1 Å². The Labute approximate surface area is 188 Å². The van der Waals surface area contributed by atoms with Crippen LogP contribution in [-0.2, 0) is 11.3 Å². The monoisotopic (exact) mass is 441 g/mol. The Balaban J connectivity index is 1.50. The minimum Gasteiger partial charge on any atom is -0.444 e. The third kappa shape index (κ3) is 6.91. The summed E-state index contributed by atoms with van der Waals surface area (Å²) in [4.78, 5) is 29.3. The van der Waals surface area contributed by atoms with Crippen molar-refractivity contribution in [2.45, 2.75) is 58.7 Å². The van der Waals surface area contributed by atoms with Gasteiger partial charge in [0.05, 0.1) is 4.92 Å². The Hall–Kier alpha value is -3.20. The van der Waals surface area contributed by atoms with E-state index in [-0.39, 0.29) is 23.6 Å². The normalized spacial score (nSPS) is 15.2. The van der Waals surface area contributed by atoms with E-state index >= 15 is 0 Å². The molecule has 0 bridgehead atoms. The number of pyridine rings is 1. The van der Waals surface area contributed by atoms with E-state index in [2.05, 4.69) is 20.5 Å². The number of piperidine rings is 1. The SMILES string of the molecule is Cc1ccc([N+](=O)[O-])c(Nc2ccc(CN3CCC(NC(=O)OC(C)(C)C)CC3)cc2)n1. The van der Waals surface area contributed by atoms with Crippen LogP contribution in [0.5, 0.6) is 0 Å². The van der Waals surface area contributed by atoms with Crippen molar-refractivity contribution < 1.29 is 14.5 Å². The van der Waals surface area contributed by atoms with Crippen LogP contribution in [0, 0.1) is 17.0 Å². The maximum absolute atomic E-state index is 11.9. The van der Waals surface area contributed by atoms with E-state index in [1.165, 1.54) is 6.07 Å². The van der Waals surface area contributed by atoms with Crippen LogP contribution in [-0.4, -0.2) is 45.6 Å². The van der Waals surface area contributed by atoms with Crippen LogP contribution in [0.1, 0.15) is 44.9 Å². The van der Waals surface area contributed by atoms with Gasteiger partial charge in [-0.1, -0.05) is 12.1 Å². The molecule has 0 atom stereocenters. The smallest absolute Gasteiger partial charge is 0.407 e. The average molecular weight is 442 g/mol. The minimum absolute atomic E-state index is 0.0532. The Kier molecular flexibility index (Phi) is 7.29. The molecule has 2 heterocycles. The molecule has 1 aliphatic heterocycles. The lowest BCUT2D eigenvalue weighted by Crippen LogP contribution is -2.45. The Bertz CT molecular complexity index is 948. The third-order valence-corrected chi connectivity index (χ3v) is 5.14. The number of hydrogen-bond acceptors (Lipinski definition) is 7. The predicted molar refractivity (Wildman–Crippen MR) is 123 cm³/mol. The number of alkyl carbamates (subject to hydrolysis) is 1. The highest BCUT2D eigenvalue weighted by Crippen LogP contribution is 2.26. The summed E-state index contributed by atoms with van der Waals surface area (Å²) in [5.41, 5.74) is 2.06. The Morgan fingerprint density at radius 3 is 2.44 bits per heavy atom. The first-order valence-corrected chi connectivity index (χ1v) is 10.8. The molecule has 0 unspecified atom stereocenters. The lowest BCUT2D eigenvalue weighted by molar-refractivity contribution is -0.384. The molecule has 9 nitrogen and oxygen atoms in total. The zero-order chi connectivity index (χ0) is 23.3. The number of hydrogen-bond donors (Lipinski definition) is 2. The second-order valence-corrected chi connectivity index (χ2v) is 9.10. The van der Waals surface area contributed by atoms with Gasteiger partial charge in [-0.05, 0) is 64.3 Å². The van der Waals surface area contributed by atoms with Crippen LogP contribution in [0.25, 0.3) is 0 Å². The maximum Gasteiger partial charge on any atom is 0.407 e.